The molecule has 1 nitrogen and oxygen atoms in total. The van der Waals surface area contributed by atoms with Gasteiger partial charge >= 0.3 is 0 Å². The van der Waals surface area contributed by atoms with E-state index in [0.29, 0.717) is 0 Å². The smallest absolute Gasteiger partial charge is 0.136 e. The zero-order valence-corrected chi connectivity index (χ0v) is 16.8. The quantitative estimate of drug-likeness (QED) is 0.254. The van der Waals surface area contributed by atoms with Gasteiger partial charge in [0.25, 0.3) is 0 Å². The van der Waals surface area contributed by atoms with Crippen LogP contribution in [-0.2, 0) is 0 Å². The molecule has 0 aliphatic heterocycles. The van der Waals surface area contributed by atoms with Crippen LogP contribution in [0.1, 0.15) is 0 Å². The summed E-state index contributed by atoms with van der Waals surface area (Å²) < 4.78 is 6.35. The molecule has 0 saturated heterocycles. The van der Waals surface area contributed by atoms with Crippen molar-refractivity contribution in [2.24, 2.45) is 0 Å². The first kappa shape index (κ1) is 16.7. The van der Waals surface area contributed by atoms with E-state index in [4.69, 9.17) is 4.42 Å². The van der Waals surface area contributed by atoms with Crippen LogP contribution in [0.25, 0.3) is 65.4 Å². The molecule has 0 fully saturated rings. The molecule has 7 aromatic rings. The number of fused-ring (bicyclic) bond motifs is 6. The van der Waals surface area contributed by atoms with Gasteiger partial charge in [0.15, 0.2) is 0 Å². The molecule has 0 spiro atoms. The van der Waals surface area contributed by atoms with Gasteiger partial charge in [-0.1, -0.05) is 78.9 Å². The maximum absolute atomic E-state index is 6.35. The summed E-state index contributed by atoms with van der Waals surface area (Å²) in [5.74, 6) is 0. The van der Waals surface area contributed by atoms with E-state index in [1.165, 1.54) is 48.8 Å². The summed E-state index contributed by atoms with van der Waals surface area (Å²) in [5, 5.41) is 9.82. The second kappa shape index (κ2) is 6.20. The normalized spacial score (nSPS) is 11.9. The van der Waals surface area contributed by atoms with Crippen molar-refractivity contribution in [3.05, 3.63) is 109 Å². The van der Waals surface area contributed by atoms with Gasteiger partial charge in [-0.15, -0.1) is 0 Å². The molecule has 144 valence electrons. The molecule has 0 unspecified atom stereocenters. The molecule has 0 amide bonds. The van der Waals surface area contributed by atoms with Crippen LogP contribution in [0.15, 0.2) is 114 Å². The fourth-order valence-corrected chi connectivity index (χ4v) is 4.94. The summed E-state index contributed by atoms with van der Waals surface area (Å²) in [4.78, 5) is 0. The lowest BCUT2D eigenvalue weighted by molar-refractivity contribution is 0.669. The highest BCUT2D eigenvalue weighted by molar-refractivity contribution is 6.15. The number of furan rings is 1. The maximum atomic E-state index is 6.35. The third kappa shape index (κ3) is 2.44. The zero-order valence-electron chi connectivity index (χ0n) is 16.8. The van der Waals surface area contributed by atoms with Crippen LogP contribution < -0.4 is 0 Å². The van der Waals surface area contributed by atoms with E-state index < -0.39 is 0 Å². The predicted molar refractivity (Wildman–Crippen MR) is 132 cm³/mol. The average Bonchev–Trinajstić information content (AvgIpc) is 3.17. The van der Waals surface area contributed by atoms with Gasteiger partial charge < -0.3 is 4.42 Å². The molecule has 0 radical (unpaired) electrons. The lowest BCUT2D eigenvalue weighted by atomic mass is 9.91. The Labute approximate surface area is 179 Å². The summed E-state index contributed by atoms with van der Waals surface area (Å²) in [6, 6.07) is 39.0. The van der Waals surface area contributed by atoms with Crippen LogP contribution in [0.2, 0.25) is 0 Å². The lowest BCUT2D eigenvalue weighted by Gasteiger charge is -2.12. The minimum atomic E-state index is 0.930. The zero-order chi connectivity index (χ0) is 20.4. The topological polar surface area (TPSA) is 13.1 Å². The highest BCUT2D eigenvalue weighted by Crippen LogP contribution is 2.39. The molecule has 0 aliphatic rings. The summed E-state index contributed by atoms with van der Waals surface area (Å²) in [6.45, 7) is 0. The van der Waals surface area contributed by atoms with Gasteiger partial charge in [-0.05, 0) is 73.8 Å². The lowest BCUT2D eigenvalue weighted by Crippen LogP contribution is -1.85. The van der Waals surface area contributed by atoms with Crippen LogP contribution in [0.3, 0.4) is 0 Å². The number of rotatable bonds is 1. The highest BCUT2D eigenvalue weighted by Gasteiger charge is 2.13. The Morgan fingerprint density at radius 2 is 0.968 bits per heavy atom. The van der Waals surface area contributed by atoms with Crippen molar-refractivity contribution in [1.29, 1.82) is 0 Å². The van der Waals surface area contributed by atoms with E-state index in [1.54, 1.807) is 0 Å². The molecule has 0 aliphatic carbocycles. The average molecular weight is 394 g/mol. The van der Waals surface area contributed by atoms with E-state index in [1.807, 2.05) is 0 Å². The maximum Gasteiger partial charge on any atom is 0.136 e. The molecule has 31 heavy (non-hydrogen) atoms. The fourth-order valence-electron chi connectivity index (χ4n) is 4.94. The Morgan fingerprint density at radius 3 is 1.68 bits per heavy atom. The van der Waals surface area contributed by atoms with Crippen LogP contribution in [0.4, 0.5) is 0 Å². The Kier molecular flexibility index (Phi) is 3.33. The molecule has 1 heteroatoms. The molecular formula is C30H18O. The van der Waals surface area contributed by atoms with Crippen molar-refractivity contribution in [2.45, 2.75) is 0 Å². The SMILES string of the molecule is c1ccc2cc3c(cc2c1)oc1cc(-c2c4ccccc4cc4ccccc24)ccc13. The summed E-state index contributed by atoms with van der Waals surface area (Å²) in [5.41, 5.74) is 4.32. The first-order valence-corrected chi connectivity index (χ1v) is 10.6. The van der Waals surface area contributed by atoms with Gasteiger partial charge in [-0.25, -0.2) is 0 Å². The second-order valence-corrected chi connectivity index (χ2v) is 8.20. The van der Waals surface area contributed by atoms with E-state index in [2.05, 4.69) is 109 Å². The van der Waals surface area contributed by atoms with Gasteiger partial charge in [0.1, 0.15) is 11.2 Å². The summed E-state index contributed by atoms with van der Waals surface area (Å²) >= 11 is 0. The van der Waals surface area contributed by atoms with Crippen molar-refractivity contribution < 1.29 is 4.42 Å². The van der Waals surface area contributed by atoms with E-state index in [9.17, 15) is 0 Å². The van der Waals surface area contributed by atoms with Crippen molar-refractivity contribution in [3.63, 3.8) is 0 Å². The Hall–Kier alpha value is -4.10. The van der Waals surface area contributed by atoms with Crippen LogP contribution in [0.5, 0.6) is 0 Å². The summed E-state index contributed by atoms with van der Waals surface area (Å²) in [6.07, 6.45) is 0. The van der Waals surface area contributed by atoms with Gasteiger partial charge in [0.05, 0.1) is 0 Å². The van der Waals surface area contributed by atoms with Crippen LogP contribution >= 0.6 is 0 Å². The highest BCUT2D eigenvalue weighted by atomic mass is 16.3. The van der Waals surface area contributed by atoms with Crippen molar-refractivity contribution >= 4 is 54.3 Å². The van der Waals surface area contributed by atoms with E-state index in [0.717, 1.165) is 16.6 Å². The molecule has 6 aromatic carbocycles. The standard InChI is InChI=1S/C30H18O/c1-2-8-20-17-29-27(16-19(20)7-1)26-14-13-23(18-28(26)31-29)30-24-11-5-3-9-21(24)15-22-10-4-6-12-25(22)30/h1-18H. The molecule has 0 atom stereocenters. The molecular weight excluding hydrogens is 376 g/mol. The minimum absolute atomic E-state index is 0.930. The van der Waals surface area contributed by atoms with Crippen LogP contribution in [0, 0.1) is 0 Å². The van der Waals surface area contributed by atoms with Crippen LogP contribution in [-0.4, -0.2) is 0 Å². The van der Waals surface area contributed by atoms with Gasteiger partial charge in [-0.3, -0.25) is 0 Å². The predicted octanol–water partition coefficient (Wildman–Crippen LogP) is 8.71. The number of hydrogen-bond acceptors (Lipinski definition) is 1. The molecule has 1 heterocycles. The second-order valence-electron chi connectivity index (χ2n) is 8.20. The molecule has 7 rings (SSSR count). The Bertz CT molecular complexity index is 1730. The number of hydrogen-bond donors (Lipinski definition) is 0. The Morgan fingerprint density at radius 1 is 0.387 bits per heavy atom. The van der Waals surface area contributed by atoms with Crippen molar-refractivity contribution in [3.8, 4) is 11.1 Å². The minimum Gasteiger partial charge on any atom is -0.456 e. The first-order valence-electron chi connectivity index (χ1n) is 10.6. The summed E-state index contributed by atoms with van der Waals surface area (Å²) in [7, 11) is 0. The third-order valence-electron chi connectivity index (χ3n) is 6.40. The third-order valence-corrected chi connectivity index (χ3v) is 6.40. The van der Waals surface area contributed by atoms with Gasteiger partial charge in [-0.2, -0.15) is 0 Å². The first-order chi connectivity index (χ1) is 15.3. The number of benzene rings is 6. The molecule has 0 N–H and O–H groups in total. The van der Waals surface area contributed by atoms with Crippen molar-refractivity contribution in [2.75, 3.05) is 0 Å². The monoisotopic (exact) mass is 394 g/mol. The Balaban J connectivity index is 1.56. The van der Waals surface area contributed by atoms with Crippen molar-refractivity contribution in [1.82, 2.24) is 0 Å². The fraction of sp³-hybridized carbons (Fsp3) is 0. The van der Waals surface area contributed by atoms with E-state index in [-0.39, 0.29) is 0 Å². The largest absolute Gasteiger partial charge is 0.456 e. The van der Waals surface area contributed by atoms with Gasteiger partial charge in [0, 0.05) is 10.8 Å². The molecule has 1 aromatic heterocycles. The van der Waals surface area contributed by atoms with E-state index >= 15 is 0 Å². The molecule has 0 saturated carbocycles. The molecule has 0 bridgehead atoms. The van der Waals surface area contributed by atoms with Gasteiger partial charge in [0.2, 0.25) is 0 Å².